The molecule has 0 fully saturated rings. The summed E-state index contributed by atoms with van der Waals surface area (Å²) in [6.45, 7) is 8.23. The summed E-state index contributed by atoms with van der Waals surface area (Å²) in [5.41, 5.74) is 1.94. The number of benzene rings is 2. The Balaban J connectivity index is 1.55. The Bertz CT molecular complexity index is 977. The SMILES string of the molecule is C[C@H](Oc1ccc(C(C)(C)C)cc1)C(=O)NCc1nc(-c2ccccc2Cl)no1. The molecule has 3 aromatic rings. The monoisotopic (exact) mass is 413 g/mol. The lowest BCUT2D eigenvalue weighted by Crippen LogP contribution is -2.36. The van der Waals surface area contributed by atoms with Gasteiger partial charge in [0.05, 0.1) is 11.6 Å². The van der Waals surface area contributed by atoms with Crippen molar-refractivity contribution in [1.82, 2.24) is 15.5 Å². The Morgan fingerprint density at radius 3 is 2.52 bits per heavy atom. The molecule has 0 bridgehead atoms. The number of amides is 1. The lowest BCUT2D eigenvalue weighted by molar-refractivity contribution is -0.127. The zero-order valence-corrected chi connectivity index (χ0v) is 17.7. The first-order valence-electron chi connectivity index (χ1n) is 9.36. The first-order valence-corrected chi connectivity index (χ1v) is 9.74. The van der Waals surface area contributed by atoms with Crippen LogP contribution < -0.4 is 10.1 Å². The maximum Gasteiger partial charge on any atom is 0.261 e. The van der Waals surface area contributed by atoms with Crippen LogP contribution in [-0.2, 0) is 16.8 Å². The van der Waals surface area contributed by atoms with Crippen molar-refractivity contribution in [3.05, 3.63) is 65.0 Å². The molecule has 152 valence electrons. The summed E-state index contributed by atoms with van der Waals surface area (Å²) in [5, 5.41) is 7.18. The molecule has 7 heteroatoms. The molecule has 0 radical (unpaired) electrons. The predicted molar refractivity (Wildman–Crippen MR) is 112 cm³/mol. The Labute approximate surface area is 175 Å². The van der Waals surface area contributed by atoms with E-state index in [0.717, 1.165) is 0 Å². The topological polar surface area (TPSA) is 77.2 Å². The molecule has 0 saturated carbocycles. The van der Waals surface area contributed by atoms with Crippen molar-refractivity contribution in [2.75, 3.05) is 0 Å². The second-order valence-electron chi connectivity index (χ2n) is 7.74. The number of hydrogen-bond acceptors (Lipinski definition) is 5. The lowest BCUT2D eigenvalue weighted by Gasteiger charge is -2.20. The van der Waals surface area contributed by atoms with Gasteiger partial charge in [-0.3, -0.25) is 4.79 Å². The van der Waals surface area contributed by atoms with Gasteiger partial charge >= 0.3 is 0 Å². The number of halogens is 1. The van der Waals surface area contributed by atoms with E-state index in [-0.39, 0.29) is 23.8 Å². The van der Waals surface area contributed by atoms with Crippen LogP contribution >= 0.6 is 11.6 Å². The molecule has 0 unspecified atom stereocenters. The van der Waals surface area contributed by atoms with Gasteiger partial charge in [-0.25, -0.2) is 0 Å². The number of aromatic nitrogens is 2. The predicted octanol–water partition coefficient (Wildman–Crippen LogP) is 4.77. The maximum atomic E-state index is 12.3. The van der Waals surface area contributed by atoms with Crippen LogP contribution in [0.15, 0.2) is 53.1 Å². The van der Waals surface area contributed by atoms with Crippen LogP contribution in [0.1, 0.15) is 39.1 Å². The molecule has 2 aromatic carbocycles. The summed E-state index contributed by atoms with van der Waals surface area (Å²) in [6.07, 6.45) is -0.665. The summed E-state index contributed by atoms with van der Waals surface area (Å²) in [6, 6.07) is 15.0. The van der Waals surface area contributed by atoms with Crippen LogP contribution in [0.25, 0.3) is 11.4 Å². The Kier molecular flexibility index (Phi) is 6.23. The maximum absolute atomic E-state index is 12.3. The molecule has 1 aromatic heterocycles. The van der Waals surface area contributed by atoms with Crippen LogP contribution in [0.5, 0.6) is 5.75 Å². The number of nitrogens with one attached hydrogen (secondary N) is 1. The lowest BCUT2D eigenvalue weighted by atomic mass is 9.87. The molecule has 1 atom stereocenters. The van der Waals surface area contributed by atoms with Crippen molar-refractivity contribution in [3.8, 4) is 17.1 Å². The van der Waals surface area contributed by atoms with Gasteiger partial charge in [0.15, 0.2) is 6.10 Å². The number of ether oxygens (including phenoxy) is 1. The summed E-state index contributed by atoms with van der Waals surface area (Å²) in [5.74, 6) is 1.03. The molecule has 0 spiro atoms. The molecule has 1 amide bonds. The molecule has 0 aliphatic rings. The van der Waals surface area contributed by atoms with Crippen molar-refractivity contribution < 1.29 is 14.1 Å². The fourth-order valence-electron chi connectivity index (χ4n) is 2.68. The molecule has 0 saturated heterocycles. The molecule has 0 aliphatic carbocycles. The van der Waals surface area contributed by atoms with E-state index in [4.69, 9.17) is 20.9 Å². The minimum Gasteiger partial charge on any atom is -0.481 e. The van der Waals surface area contributed by atoms with Gasteiger partial charge < -0.3 is 14.6 Å². The molecule has 0 aliphatic heterocycles. The first kappa shape index (κ1) is 20.9. The van der Waals surface area contributed by atoms with Crippen molar-refractivity contribution in [1.29, 1.82) is 0 Å². The van der Waals surface area contributed by atoms with E-state index >= 15 is 0 Å². The second-order valence-corrected chi connectivity index (χ2v) is 8.15. The highest BCUT2D eigenvalue weighted by atomic mass is 35.5. The zero-order valence-electron chi connectivity index (χ0n) is 16.9. The third-order valence-electron chi connectivity index (χ3n) is 4.40. The minimum absolute atomic E-state index is 0.0639. The van der Waals surface area contributed by atoms with Crippen LogP contribution in [0.2, 0.25) is 5.02 Å². The van der Waals surface area contributed by atoms with Gasteiger partial charge in [0.2, 0.25) is 11.7 Å². The normalized spacial score (nSPS) is 12.4. The van der Waals surface area contributed by atoms with Gasteiger partial charge in [0.1, 0.15) is 5.75 Å². The number of carbonyl (C=O) groups is 1. The highest BCUT2D eigenvalue weighted by molar-refractivity contribution is 6.33. The Morgan fingerprint density at radius 2 is 1.86 bits per heavy atom. The average molecular weight is 414 g/mol. The fraction of sp³-hybridized carbons (Fsp3) is 0.318. The number of carbonyl (C=O) groups excluding carboxylic acids is 1. The number of rotatable bonds is 6. The van der Waals surface area contributed by atoms with E-state index in [1.165, 1.54) is 5.56 Å². The molecule has 29 heavy (non-hydrogen) atoms. The van der Waals surface area contributed by atoms with Crippen LogP contribution in [0, 0.1) is 0 Å². The van der Waals surface area contributed by atoms with Crippen molar-refractivity contribution in [2.24, 2.45) is 0 Å². The van der Waals surface area contributed by atoms with E-state index in [2.05, 4.69) is 36.2 Å². The standard InChI is InChI=1S/C22H24ClN3O3/c1-14(28-16-11-9-15(10-12-16)22(2,3)4)21(27)24-13-19-25-20(26-29-19)17-7-5-6-8-18(17)23/h5-12,14H,13H2,1-4H3,(H,24,27)/t14-/m0/s1. The highest BCUT2D eigenvalue weighted by Crippen LogP contribution is 2.25. The third kappa shape index (κ3) is 5.35. The summed E-state index contributed by atoms with van der Waals surface area (Å²) < 4.78 is 10.9. The van der Waals surface area contributed by atoms with Crippen molar-refractivity contribution in [2.45, 2.75) is 45.8 Å². The fourth-order valence-corrected chi connectivity index (χ4v) is 2.90. The minimum atomic E-state index is -0.665. The van der Waals surface area contributed by atoms with Crippen molar-refractivity contribution >= 4 is 17.5 Å². The van der Waals surface area contributed by atoms with Crippen LogP contribution in [0.3, 0.4) is 0 Å². The highest BCUT2D eigenvalue weighted by Gasteiger charge is 2.18. The number of hydrogen-bond donors (Lipinski definition) is 1. The molecule has 1 N–H and O–H groups in total. The second kappa shape index (κ2) is 8.66. The van der Waals surface area contributed by atoms with Gasteiger partial charge in [-0.2, -0.15) is 4.98 Å². The van der Waals surface area contributed by atoms with Crippen LogP contribution in [0.4, 0.5) is 0 Å². The largest absolute Gasteiger partial charge is 0.481 e. The summed E-state index contributed by atoms with van der Waals surface area (Å²) in [4.78, 5) is 16.6. The van der Waals surface area contributed by atoms with E-state index in [1.54, 1.807) is 19.1 Å². The van der Waals surface area contributed by atoms with E-state index in [0.29, 0.717) is 22.2 Å². The summed E-state index contributed by atoms with van der Waals surface area (Å²) in [7, 11) is 0. The van der Waals surface area contributed by atoms with Gasteiger partial charge in [0.25, 0.3) is 5.91 Å². The Hall–Kier alpha value is -2.86. The average Bonchev–Trinajstić information content (AvgIpc) is 3.15. The van der Waals surface area contributed by atoms with E-state index in [9.17, 15) is 4.79 Å². The molecule has 3 rings (SSSR count). The van der Waals surface area contributed by atoms with Gasteiger partial charge in [0, 0.05) is 5.56 Å². The first-order chi connectivity index (χ1) is 13.7. The molecular weight excluding hydrogens is 390 g/mol. The molecular formula is C22H24ClN3O3. The Morgan fingerprint density at radius 1 is 1.17 bits per heavy atom. The van der Waals surface area contributed by atoms with E-state index in [1.807, 2.05) is 36.4 Å². The van der Waals surface area contributed by atoms with Crippen molar-refractivity contribution in [3.63, 3.8) is 0 Å². The third-order valence-corrected chi connectivity index (χ3v) is 4.73. The zero-order chi connectivity index (χ0) is 21.0. The van der Waals surface area contributed by atoms with Crippen LogP contribution in [-0.4, -0.2) is 22.2 Å². The van der Waals surface area contributed by atoms with Gasteiger partial charge in [-0.05, 0) is 42.2 Å². The quantitative estimate of drug-likeness (QED) is 0.629. The number of nitrogens with zero attached hydrogens (tertiary/aromatic N) is 2. The summed E-state index contributed by atoms with van der Waals surface area (Å²) >= 11 is 6.14. The van der Waals surface area contributed by atoms with Gasteiger partial charge in [-0.15, -0.1) is 0 Å². The van der Waals surface area contributed by atoms with E-state index < -0.39 is 6.10 Å². The smallest absolute Gasteiger partial charge is 0.261 e. The van der Waals surface area contributed by atoms with Gasteiger partial charge in [-0.1, -0.05) is 61.8 Å². The molecule has 6 nitrogen and oxygen atoms in total. The molecule has 1 heterocycles.